The van der Waals surface area contributed by atoms with Crippen LogP contribution in [0.5, 0.6) is 5.88 Å². The van der Waals surface area contributed by atoms with Crippen LogP contribution in [0.1, 0.15) is 56.9 Å². The molecule has 1 aliphatic carbocycles. The second-order valence-electron chi connectivity index (χ2n) is 11.0. The summed E-state index contributed by atoms with van der Waals surface area (Å²) in [5.74, 6) is 0.970. The number of anilines is 1. The average Bonchev–Trinajstić information content (AvgIpc) is 3.61. The lowest BCUT2D eigenvalue weighted by atomic mass is 9.97. The van der Waals surface area contributed by atoms with Gasteiger partial charge >= 0.3 is 5.69 Å². The third-order valence-corrected chi connectivity index (χ3v) is 6.91. The second kappa shape index (κ2) is 11.0. The van der Waals surface area contributed by atoms with Crippen molar-refractivity contribution in [2.45, 2.75) is 52.6 Å². The number of aliphatic imine (C=N–C) groups is 1. The maximum Gasteiger partial charge on any atom is 0.326 e. The summed E-state index contributed by atoms with van der Waals surface area (Å²) in [7, 11) is 0. The molecule has 3 aromatic heterocycles. The van der Waals surface area contributed by atoms with Gasteiger partial charge in [0, 0.05) is 23.7 Å². The molecular formula is C30H33N9O2. The van der Waals surface area contributed by atoms with Gasteiger partial charge in [0.2, 0.25) is 11.8 Å². The number of aromatic hydroxyl groups is 1. The predicted octanol–water partition coefficient (Wildman–Crippen LogP) is 3.10. The first-order chi connectivity index (χ1) is 19.8. The molecule has 0 bridgehead atoms. The molecule has 11 nitrogen and oxygen atoms in total. The lowest BCUT2D eigenvalue weighted by Gasteiger charge is -2.12. The number of hydrogen-bond acceptors (Lipinski definition) is 8. The number of H-pyrrole nitrogens is 2. The fourth-order valence-electron chi connectivity index (χ4n) is 4.86. The first-order valence-electron chi connectivity index (χ1n) is 13.9. The highest BCUT2D eigenvalue weighted by atomic mass is 16.3. The highest BCUT2D eigenvalue weighted by Gasteiger charge is 2.21. The Morgan fingerprint density at radius 2 is 2.02 bits per heavy atom. The van der Waals surface area contributed by atoms with Gasteiger partial charge < -0.3 is 15.4 Å². The van der Waals surface area contributed by atoms with Crippen LogP contribution >= 0.6 is 0 Å². The van der Waals surface area contributed by atoms with Crippen molar-refractivity contribution in [1.82, 2.24) is 29.5 Å². The highest BCUT2D eigenvalue weighted by Crippen LogP contribution is 2.26. The number of aromatic amines is 2. The minimum atomic E-state index is -0.500. The monoisotopic (exact) mass is 551 g/mol. The van der Waals surface area contributed by atoms with E-state index in [2.05, 4.69) is 70.4 Å². The van der Waals surface area contributed by atoms with Crippen molar-refractivity contribution < 1.29 is 5.11 Å². The van der Waals surface area contributed by atoms with E-state index in [1.165, 1.54) is 0 Å². The van der Waals surface area contributed by atoms with Crippen molar-refractivity contribution in [1.29, 1.82) is 0 Å². The third-order valence-electron chi connectivity index (χ3n) is 6.91. The number of aromatic nitrogens is 6. The maximum absolute atomic E-state index is 11.6. The minimum Gasteiger partial charge on any atom is -0.493 e. The lowest BCUT2D eigenvalue weighted by Crippen LogP contribution is -2.25. The van der Waals surface area contributed by atoms with E-state index in [1.54, 1.807) is 16.8 Å². The van der Waals surface area contributed by atoms with E-state index in [-0.39, 0.29) is 23.5 Å². The number of rotatable bonds is 8. The molecule has 2 aliphatic rings. The van der Waals surface area contributed by atoms with Gasteiger partial charge in [-0.05, 0) is 53.9 Å². The fraction of sp³-hybridized carbons (Fsp3) is 0.333. The molecule has 1 aromatic carbocycles. The normalized spacial score (nSPS) is 18.2. The second-order valence-corrected chi connectivity index (χ2v) is 11.0. The molecule has 1 aliphatic heterocycles. The van der Waals surface area contributed by atoms with E-state index in [0.717, 1.165) is 41.7 Å². The first kappa shape index (κ1) is 26.4. The Morgan fingerprint density at radius 3 is 2.78 bits per heavy atom. The Hall–Kier alpha value is -4.80. The molecule has 41 heavy (non-hydrogen) atoms. The van der Waals surface area contributed by atoms with Gasteiger partial charge in [-0.3, -0.25) is 9.98 Å². The summed E-state index contributed by atoms with van der Waals surface area (Å²) >= 11 is 0. The van der Waals surface area contributed by atoms with Crippen molar-refractivity contribution in [2.24, 2.45) is 21.8 Å². The summed E-state index contributed by atoms with van der Waals surface area (Å²) in [6, 6.07) is 8.48. The Kier molecular flexibility index (Phi) is 7.08. The van der Waals surface area contributed by atoms with E-state index in [4.69, 9.17) is 15.0 Å². The smallest absolute Gasteiger partial charge is 0.326 e. The van der Waals surface area contributed by atoms with Crippen molar-refractivity contribution in [3.63, 3.8) is 0 Å². The number of nitrogens with zero attached hydrogens (tertiary/aromatic N) is 6. The molecule has 0 amide bonds. The Bertz CT molecular complexity index is 1870. The SMILES string of the molecule is CC1C=C(CC(C)C)N=CC(c2ccccc2CNc2nc(=NC3CC3)n3ncc(=Cc4[nH]c(=O)[nH]c4O)c3n2)=C1. The molecule has 1 saturated carbocycles. The summed E-state index contributed by atoms with van der Waals surface area (Å²) in [6.07, 6.45) is 12.7. The van der Waals surface area contributed by atoms with Gasteiger partial charge in [0.1, 0.15) is 5.69 Å². The molecular weight excluding hydrogens is 518 g/mol. The van der Waals surface area contributed by atoms with Crippen molar-refractivity contribution >= 4 is 29.5 Å². The van der Waals surface area contributed by atoms with Crippen LogP contribution < -0.4 is 21.8 Å². The van der Waals surface area contributed by atoms with Gasteiger partial charge in [-0.1, -0.05) is 57.2 Å². The van der Waals surface area contributed by atoms with Gasteiger partial charge in [0.25, 0.3) is 5.62 Å². The van der Waals surface area contributed by atoms with Crippen LogP contribution in [0.2, 0.25) is 0 Å². The van der Waals surface area contributed by atoms with E-state index in [0.29, 0.717) is 34.9 Å². The molecule has 0 saturated heterocycles. The molecule has 1 atom stereocenters. The zero-order valence-electron chi connectivity index (χ0n) is 23.3. The molecule has 0 radical (unpaired) electrons. The summed E-state index contributed by atoms with van der Waals surface area (Å²) in [5, 5.41) is 18.5. The molecule has 6 rings (SSSR count). The number of allylic oxidation sites excluding steroid dienone is 4. The zero-order valence-corrected chi connectivity index (χ0v) is 23.3. The van der Waals surface area contributed by atoms with Crippen LogP contribution in [0.3, 0.4) is 0 Å². The van der Waals surface area contributed by atoms with Gasteiger partial charge in [0.05, 0.1) is 12.2 Å². The number of nitrogens with one attached hydrogen (secondary N) is 3. The Labute approximate surface area is 236 Å². The fourth-order valence-corrected chi connectivity index (χ4v) is 4.86. The number of benzene rings is 1. The standard InChI is InChI=1S/C30H33N9O2/c1-17(2)10-23-12-18(3)11-20(15-31-23)24-7-5-4-6-19(24)14-32-28-36-26-21(13-25-27(40)37-30(41)35-25)16-33-39(26)29(38-28)34-22-8-9-22/h4-7,11-13,15-18,22,40H,8-10,14H2,1-3H3,(H,32,34,38)(H2,35,37,41). The maximum atomic E-state index is 11.6. The van der Waals surface area contributed by atoms with Gasteiger partial charge in [-0.15, -0.1) is 0 Å². The lowest BCUT2D eigenvalue weighted by molar-refractivity contribution is 0.454. The molecule has 4 N–H and O–H groups in total. The quantitative estimate of drug-likeness (QED) is 0.264. The van der Waals surface area contributed by atoms with E-state index in [9.17, 15) is 9.90 Å². The van der Waals surface area contributed by atoms with Crippen LogP contribution in [-0.2, 0) is 6.54 Å². The molecule has 0 spiro atoms. The zero-order chi connectivity index (χ0) is 28.5. The van der Waals surface area contributed by atoms with Gasteiger partial charge in [0.15, 0.2) is 5.65 Å². The highest BCUT2D eigenvalue weighted by molar-refractivity contribution is 6.11. The predicted molar refractivity (Wildman–Crippen MR) is 158 cm³/mol. The first-order valence-corrected chi connectivity index (χ1v) is 13.9. The number of hydrogen-bond donors (Lipinski definition) is 4. The summed E-state index contributed by atoms with van der Waals surface area (Å²) < 4.78 is 1.58. The summed E-state index contributed by atoms with van der Waals surface area (Å²) in [5.41, 5.74) is 5.09. The van der Waals surface area contributed by atoms with Crippen molar-refractivity contribution in [2.75, 3.05) is 5.32 Å². The van der Waals surface area contributed by atoms with E-state index >= 15 is 0 Å². The average molecular weight is 552 g/mol. The van der Waals surface area contributed by atoms with Crippen molar-refractivity contribution in [3.05, 3.63) is 86.5 Å². The molecule has 4 heterocycles. The van der Waals surface area contributed by atoms with E-state index < -0.39 is 5.69 Å². The van der Waals surface area contributed by atoms with Crippen LogP contribution in [0, 0.1) is 11.8 Å². The molecule has 210 valence electrons. The molecule has 4 aromatic rings. The van der Waals surface area contributed by atoms with Crippen LogP contribution in [-0.4, -0.2) is 46.9 Å². The largest absolute Gasteiger partial charge is 0.493 e. The Morgan fingerprint density at radius 1 is 1.20 bits per heavy atom. The summed E-state index contributed by atoms with van der Waals surface area (Å²) in [6.45, 7) is 7.09. The number of imidazole rings is 1. The van der Waals surface area contributed by atoms with Crippen molar-refractivity contribution in [3.8, 4) is 5.88 Å². The topological polar surface area (TPSA) is 149 Å². The Balaban J connectivity index is 1.33. The van der Waals surface area contributed by atoms with Gasteiger partial charge in [-0.2, -0.15) is 19.6 Å². The van der Waals surface area contributed by atoms with Gasteiger partial charge in [-0.25, -0.2) is 9.79 Å². The van der Waals surface area contributed by atoms with Crippen LogP contribution in [0.15, 0.2) is 63.1 Å². The van der Waals surface area contributed by atoms with E-state index in [1.807, 2.05) is 18.3 Å². The third kappa shape index (κ3) is 6.03. The number of fused-ring (bicyclic) bond motifs is 1. The minimum absolute atomic E-state index is 0.223. The molecule has 1 unspecified atom stereocenters. The molecule has 11 heteroatoms. The van der Waals surface area contributed by atoms with Crippen LogP contribution in [0.25, 0.3) is 17.3 Å². The van der Waals surface area contributed by atoms with Crippen LogP contribution in [0.4, 0.5) is 5.95 Å². The summed E-state index contributed by atoms with van der Waals surface area (Å²) in [4.78, 5) is 35.5. The molecule has 1 fully saturated rings.